The van der Waals surface area contributed by atoms with E-state index < -0.39 is 8.07 Å². The van der Waals surface area contributed by atoms with E-state index in [0.29, 0.717) is 0 Å². The Balaban J connectivity index is 0. The van der Waals surface area contributed by atoms with E-state index >= 15 is 0 Å². The first kappa shape index (κ1) is 19.0. The normalized spacial score (nSPS) is 16.9. The van der Waals surface area contributed by atoms with Gasteiger partial charge >= 0.3 is 25.8 Å². The van der Waals surface area contributed by atoms with Crippen LogP contribution in [0.2, 0.25) is 13.1 Å². The third-order valence-electron chi connectivity index (χ3n) is 2.74. The molecule has 0 heterocycles. The van der Waals surface area contributed by atoms with Gasteiger partial charge in [0.2, 0.25) is 0 Å². The van der Waals surface area contributed by atoms with E-state index in [-0.39, 0.29) is 50.7 Å². The Kier molecular flexibility index (Phi) is 9.32. The molecular weight excluding hydrogens is 422 g/mol. The van der Waals surface area contributed by atoms with Crippen molar-refractivity contribution in [3.05, 3.63) is 46.8 Å². The molecule has 0 unspecified atom stereocenters. The number of allylic oxidation sites excluding steroid dienone is 8. The molecule has 0 N–H and O–H groups in total. The summed E-state index contributed by atoms with van der Waals surface area (Å²) in [6.07, 6.45) is 17.8. The Morgan fingerprint density at radius 1 is 0.938 bits per heavy atom. The first-order valence-corrected chi connectivity index (χ1v) is 7.77. The molecule has 16 heavy (non-hydrogen) atoms. The second-order valence-corrected chi connectivity index (χ2v) is 8.35. The van der Waals surface area contributed by atoms with Crippen LogP contribution in [0.1, 0.15) is 12.8 Å². The maximum Gasteiger partial charge on any atom is 4.00 e. The molecule has 0 aliphatic heterocycles. The van der Waals surface area contributed by atoms with Crippen LogP contribution in [0.3, 0.4) is 0 Å². The van der Waals surface area contributed by atoms with E-state index in [1.54, 1.807) is 0 Å². The predicted molar refractivity (Wildman–Crippen MR) is 58.5 cm³/mol. The molecule has 0 saturated heterocycles. The molecule has 0 saturated carbocycles. The number of rotatable bonds is 2. The largest absolute Gasteiger partial charge is 4.00 e. The van der Waals surface area contributed by atoms with Gasteiger partial charge in [0.1, 0.15) is 0 Å². The molecule has 0 bridgehead atoms. The smallest absolute Gasteiger partial charge is 1.00 e. The molecule has 0 atom stereocenters. The summed E-state index contributed by atoms with van der Waals surface area (Å²) in [5.74, 6) is 0. The van der Waals surface area contributed by atoms with Crippen LogP contribution in [-0.2, 0) is 25.8 Å². The molecule has 0 aromatic carbocycles. The number of halogens is 2. The molecule has 0 nitrogen and oxygen atoms in total. The SMILES string of the molecule is C[Si](C)(C1=[C-]CC=C1)C1=[C-]CC=C1.[Cl-].[Cl-].[Hf+4]. The fourth-order valence-electron chi connectivity index (χ4n) is 1.81. The van der Waals surface area contributed by atoms with Gasteiger partial charge in [0.05, 0.1) is 0 Å². The van der Waals surface area contributed by atoms with Crippen molar-refractivity contribution < 1.29 is 50.7 Å². The average Bonchev–Trinajstić information content (AvgIpc) is 2.78. The molecule has 2 aliphatic rings. The zero-order chi connectivity index (χ0) is 9.31. The molecular formula is C12H14Cl2HfSi. The van der Waals surface area contributed by atoms with E-state index in [0.717, 1.165) is 12.8 Å². The van der Waals surface area contributed by atoms with Gasteiger partial charge in [-0.2, -0.15) is 12.2 Å². The fourth-order valence-corrected chi connectivity index (χ4v) is 4.26. The topological polar surface area (TPSA) is 0 Å². The molecule has 4 heteroatoms. The van der Waals surface area contributed by atoms with Crippen LogP contribution >= 0.6 is 0 Å². The van der Waals surface area contributed by atoms with E-state index in [1.165, 1.54) is 10.4 Å². The predicted octanol–water partition coefficient (Wildman–Crippen LogP) is -2.84. The Hall–Kier alpha value is 0.627. The van der Waals surface area contributed by atoms with Crippen molar-refractivity contribution in [2.45, 2.75) is 25.9 Å². The standard InChI is InChI=1S/C12H14Si.2ClH.Hf/c1-13(2,11-7-3-4-8-11)12-9-5-6-10-12;;;/h3,5,7,9H,4,6H2,1-2H3;2*1H;/q-2;;;+4/p-2. The van der Waals surface area contributed by atoms with Crippen LogP contribution in [0.4, 0.5) is 0 Å². The summed E-state index contributed by atoms with van der Waals surface area (Å²) in [5.41, 5.74) is 0. The van der Waals surface area contributed by atoms with Crippen LogP contribution in [-0.4, -0.2) is 8.07 Å². The zero-order valence-electron chi connectivity index (χ0n) is 9.48. The van der Waals surface area contributed by atoms with Crippen LogP contribution in [0.5, 0.6) is 0 Å². The van der Waals surface area contributed by atoms with Gasteiger partial charge in [0.25, 0.3) is 0 Å². The molecule has 0 amide bonds. The maximum absolute atomic E-state index is 3.45. The molecule has 0 aromatic rings. The Morgan fingerprint density at radius 2 is 1.31 bits per heavy atom. The van der Waals surface area contributed by atoms with Crippen molar-refractivity contribution in [3.63, 3.8) is 0 Å². The molecule has 2 aliphatic carbocycles. The zero-order valence-corrected chi connectivity index (χ0v) is 15.6. The van der Waals surface area contributed by atoms with Crippen molar-refractivity contribution in [1.82, 2.24) is 0 Å². The van der Waals surface area contributed by atoms with E-state index in [1.807, 2.05) is 0 Å². The minimum atomic E-state index is -1.40. The number of hydrogen-bond acceptors (Lipinski definition) is 0. The van der Waals surface area contributed by atoms with Crippen molar-refractivity contribution in [2.75, 3.05) is 0 Å². The van der Waals surface area contributed by atoms with Gasteiger partial charge in [-0.1, -0.05) is 13.1 Å². The molecule has 84 valence electrons. The summed E-state index contributed by atoms with van der Waals surface area (Å²) < 4.78 is 0. The summed E-state index contributed by atoms with van der Waals surface area (Å²) in [6.45, 7) is 4.76. The third kappa shape index (κ3) is 3.83. The van der Waals surface area contributed by atoms with Gasteiger partial charge in [0, 0.05) is 8.07 Å². The Bertz CT molecular complexity index is 309. The average molecular weight is 436 g/mol. The van der Waals surface area contributed by atoms with Gasteiger partial charge in [-0.3, -0.25) is 12.2 Å². The minimum absolute atomic E-state index is 0. The first-order valence-electron chi connectivity index (χ1n) is 4.77. The van der Waals surface area contributed by atoms with Gasteiger partial charge in [-0.25, -0.2) is 22.5 Å². The summed E-state index contributed by atoms with van der Waals surface area (Å²) in [6, 6.07) is 0. The monoisotopic (exact) mass is 436 g/mol. The molecule has 2 rings (SSSR count). The van der Waals surface area contributed by atoms with E-state index in [2.05, 4.69) is 49.6 Å². The van der Waals surface area contributed by atoms with Crippen LogP contribution in [0.25, 0.3) is 0 Å². The molecule has 0 fully saturated rings. The molecule has 0 radical (unpaired) electrons. The van der Waals surface area contributed by atoms with Crippen molar-refractivity contribution in [3.8, 4) is 0 Å². The third-order valence-corrected chi connectivity index (χ3v) is 6.12. The Morgan fingerprint density at radius 3 is 1.56 bits per heavy atom. The van der Waals surface area contributed by atoms with Crippen molar-refractivity contribution >= 4 is 8.07 Å². The maximum atomic E-state index is 3.45. The quantitative estimate of drug-likeness (QED) is 0.324. The van der Waals surface area contributed by atoms with Crippen LogP contribution in [0.15, 0.2) is 34.7 Å². The van der Waals surface area contributed by atoms with Crippen molar-refractivity contribution in [1.29, 1.82) is 0 Å². The summed E-state index contributed by atoms with van der Waals surface area (Å²) in [7, 11) is -1.40. The fraction of sp³-hybridized carbons (Fsp3) is 0.333. The number of hydrogen-bond donors (Lipinski definition) is 0. The molecule has 0 aromatic heterocycles. The van der Waals surface area contributed by atoms with Gasteiger partial charge in [-0.15, -0.1) is 12.8 Å². The summed E-state index contributed by atoms with van der Waals surface area (Å²) in [4.78, 5) is 0. The van der Waals surface area contributed by atoms with Gasteiger partial charge in [-0.05, 0) is 0 Å². The second kappa shape index (κ2) is 7.86. The molecule has 0 spiro atoms. The van der Waals surface area contributed by atoms with Gasteiger partial charge < -0.3 is 24.8 Å². The van der Waals surface area contributed by atoms with Gasteiger partial charge in [0.15, 0.2) is 0 Å². The minimum Gasteiger partial charge on any atom is -1.00 e. The van der Waals surface area contributed by atoms with E-state index in [9.17, 15) is 0 Å². The van der Waals surface area contributed by atoms with Crippen LogP contribution < -0.4 is 24.8 Å². The van der Waals surface area contributed by atoms with E-state index in [4.69, 9.17) is 0 Å². The summed E-state index contributed by atoms with van der Waals surface area (Å²) in [5, 5.41) is 2.89. The van der Waals surface area contributed by atoms with Crippen molar-refractivity contribution in [2.24, 2.45) is 0 Å². The summed E-state index contributed by atoms with van der Waals surface area (Å²) >= 11 is 0. The first-order chi connectivity index (χ1) is 6.21. The Labute approximate surface area is 131 Å². The van der Waals surface area contributed by atoms with Crippen LogP contribution in [0, 0.1) is 12.2 Å². The second-order valence-electron chi connectivity index (χ2n) is 4.02.